The molecule has 3 aliphatic heterocycles. The number of piperazine rings is 1. The molecule has 0 radical (unpaired) electrons. The highest BCUT2D eigenvalue weighted by molar-refractivity contribution is 6.18. The maximum atomic E-state index is 17.6. The van der Waals surface area contributed by atoms with Gasteiger partial charge in [0.1, 0.15) is 34.2 Å². The number of aromatic hydroxyl groups is 1. The van der Waals surface area contributed by atoms with Gasteiger partial charge in [-0.15, -0.1) is 6.42 Å². The summed E-state index contributed by atoms with van der Waals surface area (Å²) in [6.45, 7) is 4.80. The molecule has 49 heavy (non-hydrogen) atoms. The molecule has 4 aliphatic rings. The van der Waals surface area contributed by atoms with Crippen molar-refractivity contribution in [2.24, 2.45) is 5.41 Å². The van der Waals surface area contributed by atoms with Crippen molar-refractivity contribution in [1.82, 2.24) is 20.2 Å². The summed E-state index contributed by atoms with van der Waals surface area (Å²) in [5, 5.41) is 16.5. The van der Waals surface area contributed by atoms with Crippen LogP contribution in [-0.4, -0.2) is 71.4 Å². The van der Waals surface area contributed by atoms with Gasteiger partial charge < -0.3 is 29.4 Å². The standard InChI is InChI=1S/C39H39F2N5O3/c1-4-26-29(40)11-8-22-16-25(47)17-27(31(22)26)32-34(41)35-33(28-15-21(2)49-36(28)32)37(46-18-23-9-10-24(19-46)42-23)44-38(43-35)48-20-39-12-5-7-30(39)45(3)14-6-13-39/h1,8,11,15-17,23-24,30,42,47H,5-7,9-10,12-14,18-20H2,2-3H3/t23?,24?,30-,39+/m0/s1. The number of aryl methyl sites for hydroxylation is 1. The normalized spacial score (nSPS) is 25.4. The molecule has 4 atom stereocenters. The summed E-state index contributed by atoms with van der Waals surface area (Å²) < 4.78 is 45.5. The maximum Gasteiger partial charge on any atom is 0.319 e. The van der Waals surface area contributed by atoms with E-state index >= 15 is 8.78 Å². The Morgan fingerprint density at radius 1 is 1.08 bits per heavy atom. The van der Waals surface area contributed by atoms with Crippen LogP contribution in [-0.2, 0) is 0 Å². The van der Waals surface area contributed by atoms with Gasteiger partial charge in [-0.2, -0.15) is 9.97 Å². The quantitative estimate of drug-likeness (QED) is 0.194. The van der Waals surface area contributed by atoms with E-state index < -0.39 is 11.6 Å². The number of hydrogen-bond donors (Lipinski definition) is 2. The van der Waals surface area contributed by atoms with Crippen molar-refractivity contribution in [1.29, 1.82) is 0 Å². The molecule has 5 aromatic rings. The van der Waals surface area contributed by atoms with Crippen molar-refractivity contribution < 1.29 is 23.0 Å². The van der Waals surface area contributed by atoms with Crippen LogP contribution in [0.3, 0.4) is 0 Å². The number of ether oxygens (including phenoxy) is 1. The number of hydrogen-bond acceptors (Lipinski definition) is 8. The van der Waals surface area contributed by atoms with E-state index in [1.54, 1.807) is 0 Å². The highest BCUT2D eigenvalue weighted by atomic mass is 19.1. The van der Waals surface area contributed by atoms with E-state index in [4.69, 9.17) is 25.5 Å². The van der Waals surface area contributed by atoms with E-state index in [0.717, 1.165) is 64.6 Å². The third-order valence-corrected chi connectivity index (χ3v) is 11.7. The van der Waals surface area contributed by atoms with Crippen molar-refractivity contribution in [3.05, 3.63) is 53.3 Å². The molecule has 252 valence electrons. The smallest absolute Gasteiger partial charge is 0.319 e. The van der Waals surface area contributed by atoms with Gasteiger partial charge >= 0.3 is 6.01 Å². The second-order valence-electron chi connectivity index (χ2n) is 14.7. The summed E-state index contributed by atoms with van der Waals surface area (Å²) >= 11 is 0. The number of rotatable bonds is 5. The zero-order valence-corrected chi connectivity index (χ0v) is 27.8. The lowest BCUT2D eigenvalue weighted by molar-refractivity contribution is 0.0133. The molecule has 1 aliphatic carbocycles. The van der Waals surface area contributed by atoms with Crippen LogP contribution >= 0.6 is 0 Å². The Bertz CT molecular complexity index is 2200. The SMILES string of the molecule is C#Cc1c(F)ccc2cc(O)cc(-c3c(F)c4nc(OC[C@]56CCC[C@@H]5N(C)CCC6)nc(N5CC6CCC(C5)N6)c4c4cc(C)oc34)c12. The molecule has 2 aromatic heterocycles. The number of phenolic OH excluding ortho intramolecular Hbond substituents is 1. The fourth-order valence-corrected chi connectivity index (χ4v) is 9.59. The van der Waals surface area contributed by atoms with Crippen LogP contribution in [0.25, 0.3) is 43.8 Å². The predicted octanol–water partition coefficient (Wildman–Crippen LogP) is 7.05. The lowest BCUT2D eigenvalue weighted by atomic mass is 9.76. The Morgan fingerprint density at radius 2 is 1.88 bits per heavy atom. The van der Waals surface area contributed by atoms with Crippen LogP contribution in [0.5, 0.6) is 11.8 Å². The second kappa shape index (κ2) is 11.3. The third kappa shape index (κ3) is 4.77. The van der Waals surface area contributed by atoms with Crippen LogP contribution in [0.4, 0.5) is 14.6 Å². The van der Waals surface area contributed by atoms with Gasteiger partial charge in [-0.3, -0.25) is 0 Å². The Morgan fingerprint density at radius 3 is 2.67 bits per heavy atom. The van der Waals surface area contributed by atoms with Crippen LogP contribution in [0.15, 0.2) is 34.7 Å². The first kappa shape index (κ1) is 30.6. The largest absolute Gasteiger partial charge is 0.508 e. The van der Waals surface area contributed by atoms with Crippen molar-refractivity contribution in [2.45, 2.75) is 70.0 Å². The minimum absolute atomic E-state index is 0.00510. The second-order valence-corrected chi connectivity index (χ2v) is 14.7. The number of furan rings is 1. The van der Waals surface area contributed by atoms with Crippen molar-refractivity contribution in [3.63, 3.8) is 0 Å². The first-order valence-corrected chi connectivity index (χ1v) is 17.4. The van der Waals surface area contributed by atoms with Gasteiger partial charge in [-0.25, -0.2) is 8.78 Å². The van der Waals surface area contributed by atoms with E-state index in [1.165, 1.54) is 24.3 Å². The zero-order chi connectivity index (χ0) is 33.6. The molecule has 5 heterocycles. The number of nitrogens with zero attached hydrogens (tertiary/aromatic N) is 4. The zero-order valence-electron chi connectivity index (χ0n) is 27.8. The van der Waals surface area contributed by atoms with Gasteiger partial charge in [-0.1, -0.05) is 18.4 Å². The highest BCUT2D eigenvalue weighted by Crippen LogP contribution is 2.49. The predicted molar refractivity (Wildman–Crippen MR) is 186 cm³/mol. The lowest BCUT2D eigenvalue weighted by Crippen LogP contribution is -2.51. The molecule has 2 unspecified atom stereocenters. The van der Waals surface area contributed by atoms with Crippen LogP contribution in [0.1, 0.15) is 56.3 Å². The first-order chi connectivity index (χ1) is 23.7. The molecular formula is C39H39F2N5O3. The number of nitrogens with one attached hydrogen (secondary N) is 1. The fourth-order valence-electron chi connectivity index (χ4n) is 9.59. The first-order valence-electron chi connectivity index (χ1n) is 17.4. The molecule has 3 aromatic carbocycles. The number of terminal acetylenes is 1. The van der Waals surface area contributed by atoms with Gasteiger partial charge in [0.2, 0.25) is 0 Å². The van der Waals surface area contributed by atoms with Crippen molar-refractivity contribution >= 4 is 38.5 Å². The van der Waals surface area contributed by atoms with E-state index in [9.17, 15) is 5.11 Å². The number of likely N-dealkylation sites (tertiary alicyclic amines) is 1. The fraction of sp³-hybridized carbons (Fsp3) is 0.436. The number of anilines is 1. The number of phenols is 1. The Kier molecular flexibility index (Phi) is 7.05. The average Bonchev–Trinajstić information content (AvgIpc) is 3.80. The topological polar surface area (TPSA) is 86.9 Å². The molecule has 0 spiro atoms. The molecule has 0 amide bonds. The van der Waals surface area contributed by atoms with Gasteiger partial charge in [0, 0.05) is 53.0 Å². The number of halogens is 2. The molecule has 4 fully saturated rings. The maximum absolute atomic E-state index is 17.6. The molecule has 3 saturated heterocycles. The minimum Gasteiger partial charge on any atom is -0.508 e. The van der Waals surface area contributed by atoms with Crippen molar-refractivity contribution in [3.8, 4) is 35.2 Å². The summed E-state index contributed by atoms with van der Waals surface area (Å²) in [7, 11) is 2.20. The lowest BCUT2D eigenvalue weighted by Gasteiger charge is -2.44. The highest BCUT2D eigenvalue weighted by Gasteiger charge is 2.47. The monoisotopic (exact) mass is 663 g/mol. The molecule has 1 saturated carbocycles. The summed E-state index contributed by atoms with van der Waals surface area (Å²) in [5.41, 5.74) is 0.613. The van der Waals surface area contributed by atoms with E-state index in [1.807, 2.05) is 13.0 Å². The van der Waals surface area contributed by atoms with Crippen molar-refractivity contribution in [2.75, 3.05) is 38.2 Å². The van der Waals surface area contributed by atoms with Gasteiger partial charge in [0.25, 0.3) is 0 Å². The van der Waals surface area contributed by atoms with E-state index in [-0.39, 0.29) is 45.0 Å². The number of piperidine rings is 1. The third-order valence-electron chi connectivity index (χ3n) is 11.7. The number of benzene rings is 3. The van der Waals surface area contributed by atoms with E-state index in [2.05, 4.69) is 28.1 Å². The molecule has 10 heteroatoms. The molecule has 2 N–H and O–H groups in total. The van der Waals surface area contributed by atoms with Gasteiger partial charge in [0.15, 0.2) is 5.82 Å². The van der Waals surface area contributed by atoms with Crippen LogP contribution in [0.2, 0.25) is 0 Å². The molecule has 8 nitrogen and oxygen atoms in total. The molecule has 2 bridgehead atoms. The molecular weight excluding hydrogens is 624 g/mol. The Hall–Kier alpha value is -4.46. The summed E-state index contributed by atoms with van der Waals surface area (Å²) in [6.07, 6.45) is 13.5. The van der Waals surface area contributed by atoms with Crippen LogP contribution < -0.4 is 15.0 Å². The van der Waals surface area contributed by atoms with Crippen LogP contribution in [0, 0.1) is 36.3 Å². The minimum atomic E-state index is -0.670. The summed E-state index contributed by atoms with van der Waals surface area (Å²) in [4.78, 5) is 14.6. The van der Waals surface area contributed by atoms with Gasteiger partial charge in [-0.05, 0) is 88.7 Å². The Balaban J connectivity index is 1.29. The van der Waals surface area contributed by atoms with E-state index in [0.29, 0.717) is 57.9 Å². The summed E-state index contributed by atoms with van der Waals surface area (Å²) in [5.74, 6) is 2.24. The number of fused-ring (bicyclic) bond motifs is 7. The van der Waals surface area contributed by atoms with Gasteiger partial charge in [0.05, 0.1) is 23.1 Å². The summed E-state index contributed by atoms with van der Waals surface area (Å²) in [6, 6.07) is 8.76. The molecule has 9 rings (SSSR count). The average molecular weight is 664 g/mol. The number of aromatic nitrogens is 2. The Labute approximate surface area is 283 Å².